The maximum Gasteiger partial charge on any atom is 0.407 e. The normalized spacial score (nSPS) is 34.9. The molecule has 1 aromatic carbocycles. The third kappa shape index (κ3) is 11.6. The minimum absolute atomic E-state index is 0.0183. The average Bonchev–Trinajstić information content (AvgIpc) is 3.15. The second-order valence-electron chi connectivity index (χ2n) is 13.6. The lowest BCUT2D eigenvalue weighted by molar-refractivity contribution is -0.355. The molecular formula is C34H54N2O18. The number of carbonyl (C=O) groups is 2. The van der Waals surface area contributed by atoms with E-state index in [0.717, 1.165) is 19.3 Å². The molecule has 20 heteroatoms. The number of carbonyl (C=O) groups excluding carboxylic acids is 1. The zero-order chi connectivity index (χ0) is 39.5. The van der Waals surface area contributed by atoms with Gasteiger partial charge in [-0.15, -0.1) is 5.23 Å². The lowest BCUT2D eigenvalue weighted by Crippen LogP contribution is -2.64. The number of hydrogen-bond acceptors (Lipinski definition) is 18. The summed E-state index contributed by atoms with van der Waals surface area (Å²) in [6.45, 7) is 2.30. The Morgan fingerprint density at radius 1 is 0.889 bits per heavy atom. The highest BCUT2D eigenvalue weighted by atomic mass is 16.8. The summed E-state index contributed by atoms with van der Waals surface area (Å²) >= 11 is 0. The minimum Gasteiger partial charge on any atom is -0.479 e. The first-order valence-electron chi connectivity index (χ1n) is 18.1. The van der Waals surface area contributed by atoms with Gasteiger partial charge in [0.15, 0.2) is 18.7 Å². The molecule has 0 bridgehead atoms. The number of aliphatic hydroxyl groups excluding tert-OH is 6. The van der Waals surface area contributed by atoms with Crippen LogP contribution in [0.2, 0.25) is 0 Å². The molecule has 10 N–H and O–H groups in total. The molecule has 1 amide bonds. The number of aliphatic carboxylic acids is 1. The SMILES string of the molecule is CCCCCCC(OC1C(O)C(CO)OC(OC2CCOC(CNC(=O)OCc3ccc(N(O)O)cc3)C2OC2OC(C)C(O)C(O)C2O)C1O)C(=O)O. The van der Waals surface area contributed by atoms with E-state index in [0.29, 0.717) is 12.0 Å². The third-order valence-corrected chi connectivity index (χ3v) is 9.60. The van der Waals surface area contributed by atoms with Crippen molar-refractivity contribution in [2.45, 2.75) is 145 Å². The zero-order valence-corrected chi connectivity index (χ0v) is 30.1. The molecule has 3 aliphatic heterocycles. The molecule has 0 aliphatic carbocycles. The topological polar surface area (TPSA) is 296 Å². The van der Waals surface area contributed by atoms with E-state index in [4.69, 9.17) is 43.6 Å². The van der Waals surface area contributed by atoms with Gasteiger partial charge in [-0.2, -0.15) is 0 Å². The van der Waals surface area contributed by atoms with Crippen molar-refractivity contribution >= 4 is 17.7 Å². The largest absolute Gasteiger partial charge is 0.479 e. The van der Waals surface area contributed by atoms with Gasteiger partial charge in [0, 0.05) is 13.2 Å². The molecule has 3 saturated heterocycles. The van der Waals surface area contributed by atoms with Crippen LogP contribution in [0.4, 0.5) is 10.5 Å². The number of rotatable bonds is 18. The van der Waals surface area contributed by atoms with Gasteiger partial charge in [0.05, 0.1) is 24.5 Å². The Hall–Kier alpha value is -2.80. The number of benzene rings is 1. The molecule has 1 aromatic rings. The fourth-order valence-corrected chi connectivity index (χ4v) is 6.41. The Kier molecular flexibility index (Phi) is 17.0. The molecule has 3 heterocycles. The van der Waals surface area contributed by atoms with Gasteiger partial charge in [-0.25, -0.2) is 9.59 Å². The molecular weight excluding hydrogens is 724 g/mol. The fourth-order valence-electron chi connectivity index (χ4n) is 6.41. The second-order valence-corrected chi connectivity index (χ2v) is 13.6. The fraction of sp³-hybridized carbons (Fsp3) is 0.765. The number of hydrogen-bond donors (Lipinski definition) is 10. The summed E-state index contributed by atoms with van der Waals surface area (Å²) in [5.41, 5.74) is 0.617. The smallest absolute Gasteiger partial charge is 0.407 e. The molecule has 3 aliphatic rings. The number of nitrogens with zero attached hydrogens (tertiary/aromatic N) is 1. The van der Waals surface area contributed by atoms with Crippen LogP contribution in [0.5, 0.6) is 0 Å². The van der Waals surface area contributed by atoms with Crippen LogP contribution in [-0.4, -0.2) is 164 Å². The summed E-state index contributed by atoms with van der Waals surface area (Å²) in [5.74, 6) is -1.30. The Morgan fingerprint density at radius 3 is 2.24 bits per heavy atom. The van der Waals surface area contributed by atoms with Gasteiger partial charge in [0.25, 0.3) is 0 Å². The van der Waals surface area contributed by atoms with Crippen LogP contribution in [0.3, 0.4) is 0 Å². The molecule has 20 nitrogen and oxygen atoms in total. The number of nitrogens with one attached hydrogen (secondary N) is 1. The Morgan fingerprint density at radius 2 is 1.59 bits per heavy atom. The monoisotopic (exact) mass is 778 g/mol. The molecule has 0 saturated carbocycles. The van der Waals surface area contributed by atoms with Crippen LogP contribution in [0.25, 0.3) is 0 Å². The molecule has 308 valence electrons. The number of amides is 1. The van der Waals surface area contributed by atoms with E-state index in [-0.39, 0.29) is 43.5 Å². The van der Waals surface area contributed by atoms with Gasteiger partial charge >= 0.3 is 12.1 Å². The van der Waals surface area contributed by atoms with Crippen molar-refractivity contribution in [2.75, 3.05) is 25.0 Å². The molecule has 54 heavy (non-hydrogen) atoms. The summed E-state index contributed by atoms with van der Waals surface area (Å²) in [4.78, 5) is 24.8. The number of alkyl carbamates (subject to hydrolysis) is 1. The van der Waals surface area contributed by atoms with Crippen molar-refractivity contribution < 1.29 is 88.9 Å². The quantitative estimate of drug-likeness (QED) is 0.0640. The summed E-state index contributed by atoms with van der Waals surface area (Å²) in [6.07, 6.45) is -17.6. The van der Waals surface area contributed by atoms with E-state index < -0.39 is 104 Å². The van der Waals surface area contributed by atoms with Gasteiger partial charge in [-0.05, 0) is 37.5 Å². The van der Waals surface area contributed by atoms with Crippen molar-refractivity contribution in [3.63, 3.8) is 0 Å². The maximum absolute atomic E-state index is 12.7. The summed E-state index contributed by atoms with van der Waals surface area (Å²) in [6, 6.07) is 5.79. The standard InChI is InChI=1S/C34H54N2O18/c1-3-4-5-6-7-21(31(43)44)51-30-25(39)23(15-37)53-33(28(30)42)52-20-12-13-48-22(29(20)54-32-27(41)26(40)24(38)17(2)50-32)14-35-34(45)49-16-18-8-10-19(11-9-18)36(46)47/h8-11,17,20-30,32-33,37-42,46-47H,3-7,12-16H2,1-2H3,(H,35,45)(H,43,44). The molecule has 3 fully saturated rings. The maximum atomic E-state index is 12.7. The van der Waals surface area contributed by atoms with E-state index in [1.165, 1.54) is 31.2 Å². The summed E-state index contributed by atoms with van der Waals surface area (Å²) < 4.78 is 40.6. The summed E-state index contributed by atoms with van der Waals surface area (Å²) in [5, 5.41) is 94.2. The molecule has 14 atom stereocenters. The Bertz CT molecular complexity index is 1290. The summed E-state index contributed by atoms with van der Waals surface area (Å²) in [7, 11) is 0. The minimum atomic E-state index is -1.77. The number of unbranched alkanes of at least 4 members (excludes halogenated alkanes) is 3. The molecule has 0 radical (unpaired) electrons. The Labute approximate surface area is 311 Å². The Balaban J connectivity index is 1.49. The highest BCUT2D eigenvalue weighted by Gasteiger charge is 2.51. The van der Waals surface area contributed by atoms with Crippen molar-refractivity contribution in [1.82, 2.24) is 5.32 Å². The zero-order valence-electron chi connectivity index (χ0n) is 30.1. The van der Waals surface area contributed by atoms with Crippen LogP contribution in [-0.2, 0) is 44.6 Å². The number of aliphatic hydroxyl groups is 6. The predicted octanol–water partition coefficient (Wildman–Crippen LogP) is -0.868. The van der Waals surface area contributed by atoms with E-state index in [1.54, 1.807) is 0 Å². The number of carboxylic acids is 1. The van der Waals surface area contributed by atoms with Crippen molar-refractivity contribution in [3.05, 3.63) is 29.8 Å². The molecule has 4 rings (SSSR count). The lowest BCUT2D eigenvalue weighted by atomic mass is 9.97. The first-order chi connectivity index (χ1) is 25.7. The van der Waals surface area contributed by atoms with Crippen LogP contribution in [0, 0.1) is 0 Å². The van der Waals surface area contributed by atoms with Crippen molar-refractivity contribution in [1.29, 1.82) is 0 Å². The van der Waals surface area contributed by atoms with Crippen molar-refractivity contribution in [3.8, 4) is 0 Å². The van der Waals surface area contributed by atoms with Crippen LogP contribution < -0.4 is 10.5 Å². The van der Waals surface area contributed by atoms with Crippen LogP contribution >= 0.6 is 0 Å². The van der Waals surface area contributed by atoms with E-state index in [9.17, 15) is 45.3 Å². The lowest BCUT2D eigenvalue weighted by Gasteiger charge is -2.47. The van der Waals surface area contributed by atoms with Gasteiger partial charge in [-0.1, -0.05) is 44.7 Å². The van der Waals surface area contributed by atoms with Gasteiger partial charge in [0.1, 0.15) is 61.5 Å². The number of anilines is 1. The number of ether oxygens (including phenoxy) is 7. The van der Waals surface area contributed by atoms with Gasteiger partial charge in [0.2, 0.25) is 0 Å². The number of carboxylic acid groups (broad SMARTS) is 1. The predicted molar refractivity (Wildman–Crippen MR) is 180 cm³/mol. The van der Waals surface area contributed by atoms with Crippen LogP contribution in [0.1, 0.15) is 57.9 Å². The van der Waals surface area contributed by atoms with E-state index in [2.05, 4.69) is 5.32 Å². The van der Waals surface area contributed by atoms with Gasteiger partial charge < -0.3 is 74.2 Å². The van der Waals surface area contributed by atoms with E-state index >= 15 is 0 Å². The molecule has 0 aromatic heterocycles. The average molecular weight is 779 g/mol. The van der Waals surface area contributed by atoms with Gasteiger partial charge in [-0.3, -0.25) is 10.4 Å². The second kappa shape index (κ2) is 20.9. The third-order valence-electron chi connectivity index (χ3n) is 9.60. The van der Waals surface area contributed by atoms with E-state index in [1.807, 2.05) is 6.92 Å². The van der Waals surface area contributed by atoms with Crippen molar-refractivity contribution in [2.24, 2.45) is 0 Å². The highest BCUT2D eigenvalue weighted by Crippen LogP contribution is 2.32. The first kappa shape index (κ1) is 43.9. The first-order valence-corrected chi connectivity index (χ1v) is 18.1. The van der Waals surface area contributed by atoms with Crippen LogP contribution in [0.15, 0.2) is 24.3 Å². The highest BCUT2D eigenvalue weighted by molar-refractivity contribution is 5.72. The molecule has 14 unspecified atom stereocenters. The molecule has 0 spiro atoms.